The molecule has 2 aromatic carbocycles. The number of hydrogen-bond acceptors (Lipinski definition) is 4. The van der Waals surface area contributed by atoms with Crippen molar-refractivity contribution >= 4 is 34.5 Å². The topological polar surface area (TPSA) is 52.6 Å². The van der Waals surface area contributed by atoms with Gasteiger partial charge in [-0.05, 0) is 22.3 Å². The molecule has 2 aromatic rings. The van der Waals surface area contributed by atoms with Gasteiger partial charge in [-0.1, -0.05) is 71.1 Å². The summed E-state index contributed by atoms with van der Waals surface area (Å²) in [5, 5.41) is 0. The van der Waals surface area contributed by atoms with Gasteiger partial charge in [0.1, 0.15) is 3.42 Å². The summed E-state index contributed by atoms with van der Waals surface area (Å²) in [6.07, 6.45) is 0. The van der Waals surface area contributed by atoms with Crippen LogP contribution in [0.4, 0.5) is 0 Å². The summed E-state index contributed by atoms with van der Waals surface area (Å²) in [6.45, 7) is 0. The van der Waals surface area contributed by atoms with Gasteiger partial charge in [0.2, 0.25) is 0 Å². The van der Waals surface area contributed by atoms with E-state index in [9.17, 15) is 9.59 Å². The van der Waals surface area contributed by atoms with Crippen LogP contribution in [0.15, 0.2) is 59.7 Å². The summed E-state index contributed by atoms with van der Waals surface area (Å²) in [7, 11) is 2.68. The van der Waals surface area contributed by atoms with Gasteiger partial charge >= 0.3 is 11.9 Å². The molecular formula is C20H15IO4. The summed E-state index contributed by atoms with van der Waals surface area (Å²) in [6, 6.07) is 15.9. The maximum Gasteiger partial charge on any atom is 0.336 e. The molecule has 0 saturated heterocycles. The van der Waals surface area contributed by atoms with Crippen molar-refractivity contribution in [3.8, 4) is 0 Å². The average molecular weight is 446 g/mol. The average Bonchev–Trinajstić information content (AvgIpc) is 2.66. The van der Waals surface area contributed by atoms with E-state index in [-0.39, 0.29) is 5.92 Å². The van der Waals surface area contributed by atoms with Crippen molar-refractivity contribution in [2.45, 2.75) is 9.34 Å². The lowest BCUT2D eigenvalue weighted by molar-refractivity contribution is -0.140. The molecule has 0 spiro atoms. The minimum absolute atomic E-state index is 0.328. The van der Waals surface area contributed by atoms with Crippen LogP contribution in [-0.4, -0.2) is 26.2 Å². The van der Waals surface area contributed by atoms with Crippen LogP contribution in [0.3, 0.4) is 0 Å². The lowest BCUT2D eigenvalue weighted by atomic mass is 9.61. The van der Waals surface area contributed by atoms with E-state index < -0.39 is 15.4 Å². The van der Waals surface area contributed by atoms with Crippen LogP contribution in [0.25, 0.3) is 0 Å². The molecule has 0 N–H and O–H groups in total. The van der Waals surface area contributed by atoms with E-state index in [4.69, 9.17) is 9.47 Å². The number of methoxy groups -OCH3 is 2. The van der Waals surface area contributed by atoms with E-state index in [1.807, 2.05) is 48.5 Å². The molecule has 4 nitrogen and oxygen atoms in total. The molecule has 5 rings (SSSR count). The zero-order valence-electron chi connectivity index (χ0n) is 13.7. The van der Waals surface area contributed by atoms with Gasteiger partial charge in [0.25, 0.3) is 0 Å². The first kappa shape index (κ1) is 16.3. The highest BCUT2D eigenvalue weighted by Crippen LogP contribution is 2.62. The Morgan fingerprint density at radius 1 is 0.880 bits per heavy atom. The maximum atomic E-state index is 12.7. The van der Waals surface area contributed by atoms with Gasteiger partial charge in [-0.2, -0.15) is 0 Å². The smallest absolute Gasteiger partial charge is 0.336 e. The molecule has 0 unspecified atom stereocenters. The molecule has 0 amide bonds. The molecule has 3 aliphatic carbocycles. The summed E-state index contributed by atoms with van der Waals surface area (Å²) in [5.41, 5.74) is 4.85. The van der Waals surface area contributed by atoms with Crippen molar-refractivity contribution in [2.75, 3.05) is 14.2 Å². The molecule has 3 aliphatic rings. The Balaban J connectivity index is 2.16. The summed E-state index contributed by atoms with van der Waals surface area (Å²) >= 11 is 2.27. The molecule has 25 heavy (non-hydrogen) atoms. The number of hydrogen-bond donors (Lipinski definition) is 0. The first-order chi connectivity index (χ1) is 12.1. The highest BCUT2D eigenvalue weighted by Gasteiger charge is 2.56. The monoisotopic (exact) mass is 446 g/mol. The summed E-state index contributed by atoms with van der Waals surface area (Å²) in [5.74, 6) is -1.31. The molecule has 2 bridgehead atoms. The number of carbonyl (C=O) groups is 2. The Bertz CT molecular complexity index is 897. The Labute approximate surface area is 159 Å². The number of alkyl halides is 1. The van der Waals surface area contributed by atoms with E-state index in [0.717, 1.165) is 22.3 Å². The minimum Gasteiger partial charge on any atom is -0.466 e. The van der Waals surface area contributed by atoms with Crippen molar-refractivity contribution in [3.63, 3.8) is 0 Å². The van der Waals surface area contributed by atoms with Gasteiger partial charge in [-0.15, -0.1) is 0 Å². The fourth-order valence-corrected chi connectivity index (χ4v) is 5.52. The quantitative estimate of drug-likeness (QED) is 0.403. The number of halogens is 1. The molecule has 5 heteroatoms. The van der Waals surface area contributed by atoms with E-state index in [2.05, 4.69) is 22.6 Å². The molecule has 0 radical (unpaired) electrons. The third-order valence-corrected chi connectivity index (χ3v) is 6.68. The normalized spacial score (nSPS) is 22.9. The fraction of sp³-hybridized carbons (Fsp3) is 0.200. The second kappa shape index (κ2) is 5.69. The van der Waals surface area contributed by atoms with E-state index >= 15 is 0 Å². The molecule has 0 heterocycles. The molecule has 0 saturated carbocycles. The third-order valence-electron chi connectivity index (χ3n) is 4.98. The zero-order chi connectivity index (χ0) is 17.8. The Hall–Kier alpha value is -2.15. The SMILES string of the molecule is COC(=O)C1=C(C(=O)OC)C2(I)c3ccccc3C1c1ccccc12. The summed E-state index contributed by atoms with van der Waals surface area (Å²) < 4.78 is 9.31. The van der Waals surface area contributed by atoms with Gasteiger partial charge in [0, 0.05) is 5.92 Å². The largest absolute Gasteiger partial charge is 0.466 e. The summed E-state index contributed by atoms with van der Waals surface area (Å²) in [4.78, 5) is 25.4. The van der Waals surface area contributed by atoms with Crippen molar-refractivity contribution in [3.05, 3.63) is 81.9 Å². The van der Waals surface area contributed by atoms with Gasteiger partial charge in [0.15, 0.2) is 0 Å². The molecule has 0 aromatic heterocycles. The fourth-order valence-electron chi connectivity index (χ4n) is 4.03. The molecule has 0 fully saturated rings. The molecule has 126 valence electrons. The second-order valence-corrected chi connectivity index (χ2v) is 7.66. The van der Waals surface area contributed by atoms with Crippen LogP contribution < -0.4 is 0 Å². The second-order valence-electron chi connectivity index (χ2n) is 6.04. The van der Waals surface area contributed by atoms with Gasteiger partial charge in [-0.25, -0.2) is 9.59 Å². The van der Waals surface area contributed by atoms with Crippen molar-refractivity contribution < 1.29 is 19.1 Å². The Morgan fingerprint density at radius 3 is 1.84 bits per heavy atom. The van der Waals surface area contributed by atoms with E-state index in [1.54, 1.807) is 0 Å². The number of ether oxygens (including phenoxy) is 2. The third kappa shape index (κ3) is 1.99. The lowest BCUT2D eigenvalue weighted by Crippen LogP contribution is -2.43. The van der Waals surface area contributed by atoms with Crippen LogP contribution in [-0.2, 0) is 22.5 Å². The van der Waals surface area contributed by atoms with Gasteiger partial charge in [-0.3, -0.25) is 0 Å². The van der Waals surface area contributed by atoms with Crippen LogP contribution in [0, 0.1) is 0 Å². The standard InChI is InChI=1S/C20H15IO4/c1-24-18(22)16-15-11-7-3-5-9-13(11)20(21,17(16)19(23)25-2)14-10-6-4-8-12(14)15/h3-10,15H,1-2H3. The predicted octanol–water partition coefficient (Wildman–Crippen LogP) is 3.47. The maximum absolute atomic E-state index is 12.7. The predicted molar refractivity (Wildman–Crippen MR) is 101 cm³/mol. The Kier molecular flexibility index (Phi) is 3.72. The van der Waals surface area contributed by atoms with Crippen LogP contribution in [0.1, 0.15) is 28.2 Å². The minimum atomic E-state index is -0.781. The van der Waals surface area contributed by atoms with Crippen molar-refractivity contribution in [1.82, 2.24) is 0 Å². The van der Waals surface area contributed by atoms with Crippen LogP contribution in [0.5, 0.6) is 0 Å². The molecular weight excluding hydrogens is 431 g/mol. The number of carbonyl (C=O) groups excluding carboxylic acids is 2. The Morgan fingerprint density at radius 2 is 1.36 bits per heavy atom. The van der Waals surface area contributed by atoms with E-state index in [1.165, 1.54) is 14.2 Å². The number of benzene rings is 2. The zero-order valence-corrected chi connectivity index (χ0v) is 15.9. The number of esters is 2. The first-order valence-electron chi connectivity index (χ1n) is 7.84. The van der Waals surface area contributed by atoms with Gasteiger partial charge in [0.05, 0.1) is 25.4 Å². The number of rotatable bonds is 2. The first-order valence-corrected chi connectivity index (χ1v) is 8.92. The van der Waals surface area contributed by atoms with Crippen LogP contribution >= 0.6 is 22.6 Å². The lowest BCUT2D eigenvalue weighted by Gasteiger charge is -2.47. The molecule has 0 atom stereocenters. The van der Waals surface area contributed by atoms with Crippen molar-refractivity contribution in [2.24, 2.45) is 0 Å². The van der Waals surface area contributed by atoms with Gasteiger partial charge < -0.3 is 9.47 Å². The van der Waals surface area contributed by atoms with Crippen molar-refractivity contribution in [1.29, 1.82) is 0 Å². The molecule has 0 aliphatic heterocycles. The highest BCUT2D eigenvalue weighted by molar-refractivity contribution is 14.1. The van der Waals surface area contributed by atoms with Crippen LogP contribution in [0.2, 0.25) is 0 Å². The van der Waals surface area contributed by atoms with E-state index in [0.29, 0.717) is 11.1 Å². The highest BCUT2D eigenvalue weighted by atomic mass is 127.